The monoisotopic (exact) mass is 421 g/mol. The minimum atomic E-state index is -0.452. The third kappa shape index (κ3) is 7.54. The minimum absolute atomic E-state index is 0.216. The fourth-order valence-electron chi connectivity index (χ4n) is 3.59. The number of hydrogen-bond donors (Lipinski definition) is 2. The van der Waals surface area contributed by atoms with Crippen LogP contribution in [0.5, 0.6) is 0 Å². The number of amides is 1. The van der Waals surface area contributed by atoms with Crippen LogP contribution < -0.4 is 10.6 Å². The van der Waals surface area contributed by atoms with Crippen molar-refractivity contribution in [3.05, 3.63) is 17.5 Å². The third-order valence-electron chi connectivity index (χ3n) is 5.46. The second kappa shape index (κ2) is 11.2. The van der Waals surface area contributed by atoms with Crippen LogP contribution >= 0.6 is 0 Å². The van der Waals surface area contributed by atoms with Crippen molar-refractivity contribution >= 4 is 12.1 Å². The van der Waals surface area contributed by atoms with Crippen LogP contribution in [0.4, 0.5) is 4.79 Å². The zero-order chi connectivity index (χ0) is 22.1. The van der Waals surface area contributed by atoms with Crippen molar-refractivity contribution in [1.29, 1.82) is 0 Å². The summed E-state index contributed by atoms with van der Waals surface area (Å²) in [6.45, 7) is 12.8. The molecule has 0 saturated carbocycles. The summed E-state index contributed by atoms with van der Waals surface area (Å²) in [6, 6.07) is 2.03. The van der Waals surface area contributed by atoms with E-state index in [2.05, 4.69) is 34.6 Å². The summed E-state index contributed by atoms with van der Waals surface area (Å²) in [5.74, 6) is 2.50. The molecule has 1 aliphatic rings. The highest BCUT2D eigenvalue weighted by Crippen LogP contribution is 2.22. The molecule has 8 nitrogen and oxygen atoms in total. The van der Waals surface area contributed by atoms with Crippen molar-refractivity contribution in [2.75, 3.05) is 26.7 Å². The Morgan fingerprint density at radius 2 is 1.97 bits per heavy atom. The first kappa shape index (κ1) is 24.0. The third-order valence-corrected chi connectivity index (χ3v) is 5.46. The summed E-state index contributed by atoms with van der Waals surface area (Å²) in [5, 5.41) is 10.9. The zero-order valence-corrected chi connectivity index (χ0v) is 19.5. The second-order valence-corrected chi connectivity index (χ2v) is 8.95. The molecular weight excluding hydrogens is 382 g/mol. The zero-order valence-electron chi connectivity index (χ0n) is 19.5. The molecule has 0 radical (unpaired) electrons. The summed E-state index contributed by atoms with van der Waals surface area (Å²) in [5.41, 5.74) is 0.572. The van der Waals surface area contributed by atoms with Gasteiger partial charge in [0.2, 0.25) is 0 Å². The SMILES string of the molecule is CCC(CC)c1cc(CNC(=NC)NCC2CCN(C(=O)OC(C)(C)C)CC2)on1. The average molecular weight is 422 g/mol. The Hall–Kier alpha value is -2.25. The van der Waals surface area contributed by atoms with E-state index in [0.717, 1.165) is 62.7 Å². The number of likely N-dealkylation sites (tertiary alicyclic amines) is 1. The highest BCUT2D eigenvalue weighted by molar-refractivity contribution is 5.79. The van der Waals surface area contributed by atoms with E-state index in [9.17, 15) is 4.79 Å². The van der Waals surface area contributed by atoms with Crippen molar-refractivity contribution in [2.24, 2.45) is 10.9 Å². The van der Waals surface area contributed by atoms with Crippen molar-refractivity contribution in [1.82, 2.24) is 20.7 Å². The number of aliphatic imine (C=N–C) groups is 1. The maximum atomic E-state index is 12.2. The van der Waals surface area contributed by atoms with Gasteiger partial charge in [0.15, 0.2) is 11.7 Å². The molecule has 170 valence electrons. The van der Waals surface area contributed by atoms with Gasteiger partial charge in [-0.1, -0.05) is 19.0 Å². The Labute approximate surface area is 180 Å². The highest BCUT2D eigenvalue weighted by Gasteiger charge is 2.26. The van der Waals surface area contributed by atoms with Crippen molar-refractivity contribution in [2.45, 2.75) is 78.4 Å². The Balaban J connectivity index is 1.72. The standard InChI is InChI=1S/C22H39N5O3/c1-7-17(8-2)19-13-18(30-26-19)15-25-20(23-6)24-14-16-9-11-27(12-10-16)21(28)29-22(3,4)5/h13,16-17H,7-12,14-15H2,1-6H3,(H2,23,24,25). The molecule has 8 heteroatoms. The Kier molecular flexibility index (Phi) is 8.99. The van der Waals surface area contributed by atoms with E-state index in [1.807, 2.05) is 26.8 Å². The summed E-state index contributed by atoms with van der Waals surface area (Å²) in [7, 11) is 1.76. The summed E-state index contributed by atoms with van der Waals surface area (Å²) in [4.78, 5) is 18.3. The molecule has 0 unspecified atom stereocenters. The molecule has 0 aromatic carbocycles. The molecule has 1 aliphatic heterocycles. The molecule has 2 N–H and O–H groups in total. The van der Waals surface area contributed by atoms with Gasteiger partial charge < -0.3 is 24.8 Å². The average Bonchev–Trinajstić information content (AvgIpc) is 3.17. The number of carbonyl (C=O) groups is 1. The summed E-state index contributed by atoms with van der Waals surface area (Å²) < 4.78 is 10.9. The topological polar surface area (TPSA) is 92.0 Å². The number of guanidine groups is 1. The van der Waals surface area contributed by atoms with Crippen molar-refractivity contribution in [3.8, 4) is 0 Å². The first-order valence-electron chi connectivity index (χ1n) is 11.1. The molecule has 0 atom stereocenters. The van der Waals surface area contributed by atoms with Crippen LogP contribution in [-0.4, -0.2) is 54.4 Å². The normalized spacial score (nSPS) is 16.1. The number of aromatic nitrogens is 1. The van der Waals surface area contributed by atoms with Gasteiger partial charge in [0.25, 0.3) is 0 Å². The van der Waals surface area contributed by atoms with Crippen LogP contribution in [0.25, 0.3) is 0 Å². The number of carbonyl (C=O) groups excluding carboxylic acids is 1. The maximum absolute atomic E-state index is 12.2. The summed E-state index contributed by atoms with van der Waals surface area (Å²) >= 11 is 0. The molecule has 2 heterocycles. The lowest BCUT2D eigenvalue weighted by molar-refractivity contribution is 0.0185. The Morgan fingerprint density at radius 3 is 2.53 bits per heavy atom. The lowest BCUT2D eigenvalue weighted by atomic mass is 9.97. The second-order valence-electron chi connectivity index (χ2n) is 8.95. The molecule has 1 amide bonds. The lowest BCUT2D eigenvalue weighted by Gasteiger charge is -2.33. The van der Waals surface area contributed by atoms with Crippen LogP contribution in [0, 0.1) is 5.92 Å². The first-order chi connectivity index (χ1) is 14.3. The minimum Gasteiger partial charge on any atom is -0.444 e. The largest absolute Gasteiger partial charge is 0.444 e. The molecule has 0 aliphatic carbocycles. The number of ether oxygens (including phenoxy) is 1. The van der Waals surface area contributed by atoms with Gasteiger partial charge in [0, 0.05) is 38.7 Å². The van der Waals surface area contributed by atoms with Gasteiger partial charge in [0.05, 0.1) is 12.2 Å². The molecule has 0 bridgehead atoms. The predicted molar refractivity (Wildman–Crippen MR) is 119 cm³/mol. The van der Waals surface area contributed by atoms with E-state index in [-0.39, 0.29) is 6.09 Å². The molecule has 30 heavy (non-hydrogen) atoms. The molecular formula is C22H39N5O3. The van der Waals surface area contributed by atoms with Crippen LogP contribution in [0.15, 0.2) is 15.6 Å². The lowest BCUT2D eigenvalue weighted by Crippen LogP contribution is -2.45. The van der Waals surface area contributed by atoms with Crippen LogP contribution in [-0.2, 0) is 11.3 Å². The highest BCUT2D eigenvalue weighted by atomic mass is 16.6. The van der Waals surface area contributed by atoms with Gasteiger partial charge in [-0.15, -0.1) is 0 Å². The Bertz CT molecular complexity index is 683. The summed E-state index contributed by atoms with van der Waals surface area (Å²) in [6.07, 6.45) is 3.80. The number of hydrogen-bond acceptors (Lipinski definition) is 5. The van der Waals surface area contributed by atoms with Gasteiger partial charge in [-0.05, 0) is 52.4 Å². The number of nitrogens with zero attached hydrogens (tertiary/aromatic N) is 3. The smallest absolute Gasteiger partial charge is 0.410 e. The fourth-order valence-corrected chi connectivity index (χ4v) is 3.59. The van der Waals surface area contributed by atoms with Gasteiger partial charge in [-0.2, -0.15) is 0 Å². The fraction of sp³-hybridized carbons (Fsp3) is 0.773. The molecule has 2 rings (SSSR count). The van der Waals surface area contributed by atoms with Gasteiger partial charge in [0.1, 0.15) is 5.60 Å². The quantitative estimate of drug-likeness (QED) is 0.513. The van der Waals surface area contributed by atoms with Gasteiger partial charge in [-0.25, -0.2) is 4.79 Å². The van der Waals surface area contributed by atoms with E-state index >= 15 is 0 Å². The van der Waals surface area contributed by atoms with Crippen molar-refractivity contribution < 1.29 is 14.1 Å². The van der Waals surface area contributed by atoms with Crippen molar-refractivity contribution in [3.63, 3.8) is 0 Å². The van der Waals surface area contributed by atoms with Crippen LogP contribution in [0.3, 0.4) is 0 Å². The van der Waals surface area contributed by atoms with E-state index in [1.165, 1.54) is 0 Å². The Morgan fingerprint density at radius 1 is 1.30 bits per heavy atom. The van der Waals surface area contributed by atoms with E-state index in [0.29, 0.717) is 18.4 Å². The van der Waals surface area contributed by atoms with Gasteiger partial charge in [-0.3, -0.25) is 4.99 Å². The number of rotatable bonds is 7. The predicted octanol–water partition coefficient (Wildman–Crippen LogP) is 3.89. The first-order valence-corrected chi connectivity index (χ1v) is 11.1. The van der Waals surface area contributed by atoms with Crippen LogP contribution in [0.1, 0.15) is 77.7 Å². The molecule has 1 saturated heterocycles. The molecule has 1 fully saturated rings. The van der Waals surface area contributed by atoms with Crippen LogP contribution in [0.2, 0.25) is 0 Å². The molecule has 1 aromatic heterocycles. The maximum Gasteiger partial charge on any atom is 0.410 e. The van der Waals surface area contributed by atoms with E-state index in [1.54, 1.807) is 11.9 Å². The van der Waals surface area contributed by atoms with E-state index in [4.69, 9.17) is 9.26 Å². The number of nitrogens with one attached hydrogen (secondary N) is 2. The number of piperidine rings is 1. The van der Waals surface area contributed by atoms with Gasteiger partial charge >= 0.3 is 6.09 Å². The molecule has 1 aromatic rings. The molecule has 0 spiro atoms. The van der Waals surface area contributed by atoms with E-state index < -0.39 is 5.60 Å².